The molecule has 0 bridgehead atoms. The van der Waals surface area contributed by atoms with Gasteiger partial charge in [-0.05, 0) is 18.6 Å². The normalized spacial score (nSPS) is 10.4. The van der Waals surface area contributed by atoms with E-state index in [4.69, 9.17) is 4.74 Å². The number of rotatable bonds is 6. The lowest BCUT2D eigenvalue weighted by Gasteiger charge is -2.13. The van der Waals surface area contributed by atoms with Gasteiger partial charge in [0.1, 0.15) is 0 Å². The van der Waals surface area contributed by atoms with Crippen molar-refractivity contribution in [3.63, 3.8) is 0 Å². The first-order valence-corrected chi connectivity index (χ1v) is 6.67. The van der Waals surface area contributed by atoms with E-state index in [0.29, 0.717) is 18.7 Å². The largest absolute Gasteiger partial charge is 0.381 e. The fraction of sp³-hybridized carbons (Fsp3) is 0.250. The average Bonchev–Trinajstić information content (AvgIpc) is 2.47. The van der Waals surface area contributed by atoms with E-state index < -0.39 is 0 Å². The summed E-state index contributed by atoms with van der Waals surface area (Å²) in [7, 11) is 1.65. The van der Waals surface area contributed by atoms with Crippen LogP contribution in [0.2, 0.25) is 0 Å². The summed E-state index contributed by atoms with van der Waals surface area (Å²) in [5.41, 5.74) is 3.79. The Balaban J connectivity index is 2.17. The van der Waals surface area contributed by atoms with Gasteiger partial charge in [-0.1, -0.05) is 30.3 Å². The van der Waals surface area contributed by atoms with Crippen LogP contribution in [0, 0.1) is 17.0 Å². The van der Waals surface area contributed by atoms with E-state index in [2.05, 4.69) is 5.32 Å². The summed E-state index contributed by atoms with van der Waals surface area (Å²) < 4.78 is 5.17. The third-order valence-corrected chi connectivity index (χ3v) is 3.40. The minimum atomic E-state index is -0.350. The maximum Gasteiger partial charge on any atom is 0.272 e. The zero-order valence-corrected chi connectivity index (χ0v) is 12.1. The van der Waals surface area contributed by atoms with Gasteiger partial charge in [-0.25, -0.2) is 0 Å². The molecular formula is C16H18N2O3. The second kappa shape index (κ2) is 6.85. The van der Waals surface area contributed by atoms with Crippen LogP contribution in [-0.2, 0) is 17.9 Å². The molecule has 0 aliphatic heterocycles. The van der Waals surface area contributed by atoms with E-state index in [1.165, 1.54) is 6.07 Å². The number of nitro groups is 1. The topological polar surface area (TPSA) is 64.4 Å². The van der Waals surface area contributed by atoms with Crippen molar-refractivity contribution in [2.45, 2.75) is 20.1 Å². The number of nitrogens with zero attached hydrogens (tertiary/aromatic N) is 1. The van der Waals surface area contributed by atoms with Gasteiger partial charge < -0.3 is 10.1 Å². The lowest BCUT2D eigenvalue weighted by molar-refractivity contribution is -0.385. The molecule has 0 fully saturated rings. The minimum absolute atomic E-state index is 0.152. The van der Waals surface area contributed by atoms with Gasteiger partial charge >= 0.3 is 0 Å². The molecule has 2 rings (SSSR count). The van der Waals surface area contributed by atoms with Gasteiger partial charge in [-0.15, -0.1) is 0 Å². The lowest BCUT2D eigenvalue weighted by atomic mass is 10.1. The smallest absolute Gasteiger partial charge is 0.272 e. The van der Waals surface area contributed by atoms with Crippen LogP contribution in [0.4, 0.5) is 11.4 Å². The lowest BCUT2D eigenvalue weighted by Crippen LogP contribution is -2.05. The molecule has 5 nitrogen and oxygen atoms in total. The minimum Gasteiger partial charge on any atom is -0.381 e. The molecule has 0 saturated carbocycles. The number of nitrogens with one attached hydrogen (secondary N) is 1. The molecule has 0 spiro atoms. The maximum absolute atomic E-state index is 11.0. The standard InChI is InChI=1S/C16H18N2O3/c1-12-13(7-5-9-16(12)18(19)20)10-17-15-8-4-3-6-14(15)11-21-2/h3-9,17H,10-11H2,1-2H3. The third-order valence-electron chi connectivity index (χ3n) is 3.40. The molecule has 0 amide bonds. The number of methoxy groups -OCH3 is 1. The molecule has 0 aliphatic carbocycles. The van der Waals surface area contributed by atoms with E-state index in [0.717, 1.165) is 16.8 Å². The average molecular weight is 286 g/mol. The van der Waals surface area contributed by atoms with E-state index >= 15 is 0 Å². The molecule has 0 aliphatic rings. The molecule has 0 unspecified atom stereocenters. The quantitative estimate of drug-likeness (QED) is 0.650. The van der Waals surface area contributed by atoms with Crippen molar-refractivity contribution in [3.05, 3.63) is 69.3 Å². The van der Waals surface area contributed by atoms with Crippen LogP contribution in [0.1, 0.15) is 16.7 Å². The van der Waals surface area contributed by atoms with E-state index in [1.807, 2.05) is 30.3 Å². The molecule has 2 aromatic carbocycles. The predicted molar refractivity (Wildman–Crippen MR) is 82.3 cm³/mol. The summed E-state index contributed by atoms with van der Waals surface area (Å²) in [6.07, 6.45) is 0. The van der Waals surface area contributed by atoms with Crippen LogP contribution in [0.15, 0.2) is 42.5 Å². The first kappa shape index (κ1) is 15.0. The molecule has 0 radical (unpaired) electrons. The van der Waals surface area contributed by atoms with Crippen molar-refractivity contribution in [1.82, 2.24) is 0 Å². The summed E-state index contributed by atoms with van der Waals surface area (Å²) in [5, 5.41) is 14.3. The van der Waals surface area contributed by atoms with Gasteiger partial charge in [0.2, 0.25) is 0 Å². The fourth-order valence-corrected chi connectivity index (χ4v) is 2.22. The van der Waals surface area contributed by atoms with Crippen molar-refractivity contribution >= 4 is 11.4 Å². The fourth-order valence-electron chi connectivity index (χ4n) is 2.22. The molecule has 0 aromatic heterocycles. The van der Waals surface area contributed by atoms with Crippen molar-refractivity contribution in [1.29, 1.82) is 0 Å². The zero-order chi connectivity index (χ0) is 15.2. The van der Waals surface area contributed by atoms with Crippen LogP contribution in [-0.4, -0.2) is 12.0 Å². The number of benzene rings is 2. The number of hydrogen-bond donors (Lipinski definition) is 1. The SMILES string of the molecule is COCc1ccccc1NCc1cccc([N+](=O)[O-])c1C. The summed E-state index contributed by atoms with van der Waals surface area (Å²) in [6, 6.07) is 13.0. The number of hydrogen-bond acceptors (Lipinski definition) is 4. The summed E-state index contributed by atoms with van der Waals surface area (Å²) in [4.78, 5) is 10.6. The number of anilines is 1. The van der Waals surface area contributed by atoms with Crippen LogP contribution in [0.5, 0.6) is 0 Å². The van der Waals surface area contributed by atoms with E-state index in [1.54, 1.807) is 20.1 Å². The number of para-hydroxylation sites is 1. The van der Waals surface area contributed by atoms with Crippen LogP contribution >= 0.6 is 0 Å². The number of nitro benzene ring substituents is 1. The highest BCUT2D eigenvalue weighted by Crippen LogP contribution is 2.23. The Labute approximate surface area is 123 Å². The molecule has 0 saturated heterocycles. The second-order valence-electron chi connectivity index (χ2n) is 4.76. The highest BCUT2D eigenvalue weighted by Gasteiger charge is 2.13. The highest BCUT2D eigenvalue weighted by molar-refractivity contribution is 5.52. The van der Waals surface area contributed by atoms with Gasteiger partial charge in [-0.3, -0.25) is 10.1 Å². The van der Waals surface area contributed by atoms with Gasteiger partial charge in [0.15, 0.2) is 0 Å². The molecule has 110 valence electrons. The second-order valence-corrected chi connectivity index (χ2v) is 4.76. The highest BCUT2D eigenvalue weighted by atomic mass is 16.6. The third kappa shape index (κ3) is 3.58. The van der Waals surface area contributed by atoms with Crippen molar-refractivity contribution in [2.24, 2.45) is 0 Å². The Bertz CT molecular complexity index is 641. The first-order chi connectivity index (χ1) is 10.1. The first-order valence-electron chi connectivity index (χ1n) is 6.67. The monoisotopic (exact) mass is 286 g/mol. The Morgan fingerprint density at radius 2 is 1.86 bits per heavy atom. The van der Waals surface area contributed by atoms with Crippen LogP contribution in [0.3, 0.4) is 0 Å². The zero-order valence-electron chi connectivity index (χ0n) is 12.1. The van der Waals surface area contributed by atoms with Gasteiger partial charge in [0.25, 0.3) is 5.69 Å². The molecule has 1 N–H and O–H groups in total. The Kier molecular flexibility index (Phi) is 4.90. The Hall–Kier alpha value is -2.40. The summed E-state index contributed by atoms with van der Waals surface area (Å²) >= 11 is 0. The maximum atomic E-state index is 11.0. The summed E-state index contributed by atoms with van der Waals surface area (Å²) in [6.45, 7) is 2.83. The summed E-state index contributed by atoms with van der Waals surface area (Å²) in [5.74, 6) is 0. The van der Waals surface area contributed by atoms with Crippen LogP contribution in [0.25, 0.3) is 0 Å². The van der Waals surface area contributed by atoms with Crippen molar-refractivity contribution in [3.8, 4) is 0 Å². The Morgan fingerprint density at radius 1 is 1.14 bits per heavy atom. The molecule has 0 atom stereocenters. The Morgan fingerprint density at radius 3 is 2.57 bits per heavy atom. The predicted octanol–water partition coefficient (Wildman–Crippen LogP) is 3.66. The molecule has 0 heterocycles. The molecule has 5 heteroatoms. The van der Waals surface area contributed by atoms with Gasteiger partial charge in [-0.2, -0.15) is 0 Å². The van der Waals surface area contributed by atoms with Crippen LogP contribution < -0.4 is 5.32 Å². The molecular weight excluding hydrogens is 268 g/mol. The van der Waals surface area contributed by atoms with Crippen molar-refractivity contribution in [2.75, 3.05) is 12.4 Å². The van der Waals surface area contributed by atoms with Crippen molar-refractivity contribution < 1.29 is 9.66 Å². The van der Waals surface area contributed by atoms with Gasteiger partial charge in [0, 0.05) is 36.5 Å². The van der Waals surface area contributed by atoms with Gasteiger partial charge in [0.05, 0.1) is 11.5 Å². The molecule has 21 heavy (non-hydrogen) atoms. The molecule has 2 aromatic rings. The number of ether oxygens (including phenoxy) is 1. The van der Waals surface area contributed by atoms with E-state index in [9.17, 15) is 10.1 Å². The van der Waals surface area contributed by atoms with E-state index in [-0.39, 0.29) is 10.6 Å².